The predicted molar refractivity (Wildman–Crippen MR) is 91.6 cm³/mol. The normalized spacial score (nSPS) is 9.09. The first-order chi connectivity index (χ1) is 10.7. The average molecular weight is 428 g/mol. The van der Waals surface area contributed by atoms with E-state index in [2.05, 4.69) is 14.1 Å². The first kappa shape index (κ1) is 18.6. The number of carbonyl (C=O) groups is 1. The molecule has 2 N–H and O–H groups in total. The van der Waals surface area contributed by atoms with Crippen LogP contribution in [0.4, 0.5) is 0 Å². The third-order valence-electron chi connectivity index (χ3n) is 2.54. The number of benzene rings is 2. The molecule has 7 nitrogen and oxygen atoms in total. The maximum Gasteiger partial charge on any atom is 0.542 e. The van der Waals surface area contributed by atoms with E-state index in [0.29, 0.717) is 5.56 Å². The zero-order valence-electron chi connectivity index (χ0n) is 11.7. The van der Waals surface area contributed by atoms with Gasteiger partial charge >= 0.3 is 5.82 Å². The Kier molecular flexibility index (Phi) is 7.71. The fourth-order valence-corrected chi connectivity index (χ4v) is 1.54. The van der Waals surface area contributed by atoms with Gasteiger partial charge in [0.25, 0.3) is 11.8 Å². The summed E-state index contributed by atoms with van der Waals surface area (Å²) in [6, 6.07) is 17.6. The second kappa shape index (κ2) is 9.54. The van der Waals surface area contributed by atoms with E-state index in [1.54, 1.807) is 47.9 Å². The van der Waals surface area contributed by atoms with Crippen molar-refractivity contribution >= 4 is 29.9 Å². The van der Waals surface area contributed by atoms with E-state index < -0.39 is 11.7 Å². The predicted octanol–water partition coefficient (Wildman–Crippen LogP) is 2.72. The minimum Gasteiger partial charge on any atom is -0.370 e. The number of amides is 1. The van der Waals surface area contributed by atoms with E-state index in [-0.39, 0.29) is 29.9 Å². The molecule has 1 heterocycles. The number of halogens is 1. The summed E-state index contributed by atoms with van der Waals surface area (Å²) in [4.78, 5) is 21.1. The third-order valence-corrected chi connectivity index (χ3v) is 2.54. The molecular weight excluding hydrogens is 415 g/mol. The molecule has 120 valence electrons. The van der Waals surface area contributed by atoms with Gasteiger partial charge in [0.2, 0.25) is 0 Å². The van der Waals surface area contributed by atoms with Gasteiger partial charge in [-0.15, -0.1) is 24.0 Å². The second-order valence-electron chi connectivity index (χ2n) is 4.01. The molecule has 0 atom stereocenters. The third kappa shape index (κ3) is 5.68. The van der Waals surface area contributed by atoms with Crippen molar-refractivity contribution in [3.05, 3.63) is 76.8 Å². The number of nitrogens with one attached hydrogen (secondary N) is 1. The number of aromatic nitrogens is 1. The van der Waals surface area contributed by atoms with Crippen molar-refractivity contribution in [1.82, 2.24) is 10.6 Å². The molecule has 0 aliphatic rings. The van der Waals surface area contributed by atoms with Crippen LogP contribution >= 0.6 is 24.0 Å². The number of hydrogen-bond donors (Lipinski definition) is 2. The highest BCUT2D eigenvalue weighted by Gasteiger charge is 2.04. The van der Waals surface area contributed by atoms with E-state index >= 15 is 0 Å². The van der Waals surface area contributed by atoms with Crippen LogP contribution in [0.25, 0.3) is 11.5 Å². The van der Waals surface area contributed by atoms with Gasteiger partial charge in [0, 0.05) is 11.1 Å². The van der Waals surface area contributed by atoms with E-state index in [1.807, 2.05) is 18.2 Å². The molecule has 0 radical (unpaired) electrons. The van der Waals surface area contributed by atoms with E-state index in [4.69, 9.17) is 5.21 Å². The van der Waals surface area contributed by atoms with Crippen LogP contribution in [0, 0.1) is 0 Å². The topological polar surface area (TPSA) is 106 Å². The molecule has 23 heavy (non-hydrogen) atoms. The number of rotatable bonds is 2. The smallest absolute Gasteiger partial charge is 0.370 e. The van der Waals surface area contributed by atoms with Crippen molar-refractivity contribution < 1.29 is 18.9 Å². The van der Waals surface area contributed by atoms with Crippen molar-refractivity contribution in [2.45, 2.75) is 0 Å². The first-order valence-corrected chi connectivity index (χ1v) is 6.22. The Hall–Kier alpha value is -2.46. The summed E-state index contributed by atoms with van der Waals surface area (Å²) in [5, 5.41) is 11.6. The monoisotopic (exact) mass is 428 g/mol. The molecule has 0 spiro atoms. The van der Waals surface area contributed by atoms with E-state index in [0.717, 1.165) is 5.56 Å². The van der Waals surface area contributed by atoms with Crippen LogP contribution in [-0.2, 0) is 0 Å². The zero-order chi connectivity index (χ0) is 15.8. The van der Waals surface area contributed by atoms with Gasteiger partial charge in [0.15, 0.2) is 0 Å². The highest BCUT2D eigenvalue weighted by atomic mass is 127. The Morgan fingerprint density at radius 1 is 1.00 bits per heavy atom. The van der Waals surface area contributed by atoms with Crippen LogP contribution < -0.4 is 11.3 Å². The van der Waals surface area contributed by atoms with Crippen molar-refractivity contribution in [3.63, 3.8) is 0 Å². The van der Waals surface area contributed by atoms with Crippen molar-refractivity contribution in [1.29, 1.82) is 0 Å². The molecule has 0 aliphatic carbocycles. The maximum absolute atomic E-state index is 10.7. The zero-order valence-corrected chi connectivity index (χ0v) is 14.0. The SMILES string of the molecule is I.O=C(NO)c1ccccc1.O=c1onc(-c2ccccc2)o1. The minimum absolute atomic E-state index is 0. The van der Waals surface area contributed by atoms with Crippen molar-refractivity contribution in [2.24, 2.45) is 0 Å². The van der Waals surface area contributed by atoms with Gasteiger partial charge in [0.1, 0.15) is 0 Å². The lowest BCUT2D eigenvalue weighted by Gasteiger charge is -1.94. The summed E-state index contributed by atoms with van der Waals surface area (Å²) >= 11 is 0. The molecule has 0 aliphatic heterocycles. The quantitative estimate of drug-likeness (QED) is 0.370. The standard InChI is InChI=1S/C8H5NO3.C7H7NO2.HI/c10-8-11-7(9-12-8)6-4-2-1-3-5-6;9-7(8-10)6-4-2-1-3-5-6;/h1-5H;1-5,10H,(H,8,9);1H. The fraction of sp³-hybridized carbons (Fsp3) is 0. The molecule has 0 bridgehead atoms. The largest absolute Gasteiger partial charge is 0.542 e. The van der Waals surface area contributed by atoms with Crippen molar-refractivity contribution in [2.75, 3.05) is 0 Å². The van der Waals surface area contributed by atoms with Gasteiger partial charge in [-0.3, -0.25) is 14.5 Å². The number of hydroxylamine groups is 1. The summed E-state index contributed by atoms with van der Waals surface area (Å²) in [7, 11) is 0. The Morgan fingerprint density at radius 3 is 2.04 bits per heavy atom. The molecule has 0 saturated carbocycles. The molecule has 3 aromatic rings. The maximum atomic E-state index is 10.7. The van der Waals surface area contributed by atoms with Gasteiger partial charge < -0.3 is 4.42 Å². The number of nitrogens with zero attached hydrogens (tertiary/aromatic N) is 1. The van der Waals surface area contributed by atoms with E-state index in [1.165, 1.54) is 0 Å². The Balaban J connectivity index is 0.000000224. The summed E-state index contributed by atoms with van der Waals surface area (Å²) < 4.78 is 8.88. The lowest BCUT2D eigenvalue weighted by molar-refractivity contribution is 0.0706. The molecule has 0 saturated heterocycles. The number of carbonyl (C=O) groups excluding carboxylic acids is 1. The number of hydrogen-bond acceptors (Lipinski definition) is 6. The summed E-state index contributed by atoms with van der Waals surface area (Å²) in [5.41, 5.74) is 2.72. The van der Waals surface area contributed by atoms with Crippen molar-refractivity contribution in [3.8, 4) is 11.5 Å². The van der Waals surface area contributed by atoms with Gasteiger partial charge in [0.05, 0.1) is 0 Å². The molecule has 0 fully saturated rings. The van der Waals surface area contributed by atoms with Crippen LogP contribution in [0.1, 0.15) is 10.4 Å². The molecular formula is C15H13IN2O5. The highest BCUT2D eigenvalue weighted by Crippen LogP contribution is 2.13. The fourth-order valence-electron chi connectivity index (χ4n) is 1.54. The lowest BCUT2D eigenvalue weighted by atomic mass is 10.2. The summed E-state index contributed by atoms with van der Waals surface area (Å²) in [6.07, 6.45) is 0. The minimum atomic E-state index is -0.783. The molecule has 1 aromatic heterocycles. The Morgan fingerprint density at radius 2 is 1.57 bits per heavy atom. The van der Waals surface area contributed by atoms with Crippen LogP contribution in [0.5, 0.6) is 0 Å². The molecule has 0 unspecified atom stereocenters. The van der Waals surface area contributed by atoms with Crippen LogP contribution in [0.15, 0.2) is 74.4 Å². The molecule has 8 heteroatoms. The van der Waals surface area contributed by atoms with Gasteiger partial charge in [-0.05, 0) is 29.4 Å². The summed E-state index contributed by atoms with van der Waals surface area (Å²) in [6.45, 7) is 0. The van der Waals surface area contributed by atoms with Crippen LogP contribution in [-0.4, -0.2) is 16.3 Å². The van der Waals surface area contributed by atoms with E-state index in [9.17, 15) is 9.59 Å². The first-order valence-electron chi connectivity index (χ1n) is 6.22. The molecule has 3 rings (SSSR count). The van der Waals surface area contributed by atoms with Crippen LogP contribution in [0.2, 0.25) is 0 Å². The van der Waals surface area contributed by atoms with Gasteiger partial charge in [-0.1, -0.05) is 36.4 Å². The van der Waals surface area contributed by atoms with Gasteiger partial charge in [-0.25, -0.2) is 10.3 Å². The lowest BCUT2D eigenvalue weighted by Crippen LogP contribution is -2.18. The Bertz CT molecular complexity index is 771. The average Bonchev–Trinajstić information content (AvgIpc) is 3.03. The second-order valence-corrected chi connectivity index (χ2v) is 4.01. The molecule has 1 amide bonds. The summed E-state index contributed by atoms with van der Waals surface area (Å²) in [5.74, 6) is -1.06. The Labute approximate surface area is 147 Å². The van der Waals surface area contributed by atoms with Gasteiger partial charge in [-0.2, -0.15) is 0 Å². The van der Waals surface area contributed by atoms with Crippen LogP contribution in [0.3, 0.4) is 0 Å². The molecule has 2 aromatic carbocycles. The highest BCUT2D eigenvalue weighted by molar-refractivity contribution is 14.0.